The van der Waals surface area contributed by atoms with Crippen molar-refractivity contribution in [3.63, 3.8) is 0 Å². The standard InChI is InChI=1S/C4H12N2O3/c5-2-1-3-6-4(7,8)9/h6-9H,1-3,5H2. The Kier molecular flexibility index (Phi) is 3.67. The zero-order chi connectivity index (χ0) is 7.33. The number of hydrogen-bond donors (Lipinski definition) is 5. The van der Waals surface area contributed by atoms with E-state index in [1.54, 1.807) is 0 Å². The molecule has 0 aromatic rings. The number of nitrogens with two attached hydrogens (primary N) is 1. The molecule has 0 aliphatic carbocycles. The second kappa shape index (κ2) is 3.76. The molecule has 0 radical (unpaired) electrons. The summed E-state index contributed by atoms with van der Waals surface area (Å²) in [7, 11) is 0. The number of nitrogens with one attached hydrogen (secondary N) is 1. The Morgan fingerprint density at radius 2 is 1.89 bits per heavy atom. The summed E-state index contributed by atoms with van der Waals surface area (Å²) >= 11 is 0. The van der Waals surface area contributed by atoms with Gasteiger partial charge in [-0.05, 0) is 13.0 Å². The van der Waals surface area contributed by atoms with Gasteiger partial charge in [0, 0.05) is 6.54 Å². The normalized spacial score (nSPS) is 12.0. The van der Waals surface area contributed by atoms with Crippen LogP contribution in [0, 0.1) is 0 Å². The molecule has 56 valence electrons. The maximum atomic E-state index is 8.20. The quantitative estimate of drug-likeness (QED) is 0.217. The third kappa shape index (κ3) is 7.80. The summed E-state index contributed by atoms with van der Waals surface area (Å²) in [5, 5.41) is 26.6. The van der Waals surface area contributed by atoms with Crippen molar-refractivity contribution < 1.29 is 15.3 Å². The van der Waals surface area contributed by atoms with E-state index in [1.807, 2.05) is 5.32 Å². The van der Waals surface area contributed by atoms with Crippen molar-refractivity contribution in [2.45, 2.75) is 12.5 Å². The number of rotatable bonds is 4. The third-order valence-electron chi connectivity index (χ3n) is 0.743. The lowest BCUT2D eigenvalue weighted by Gasteiger charge is -2.14. The van der Waals surface area contributed by atoms with Crippen molar-refractivity contribution >= 4 is 0 Å². The molecule has 0 saturated heterocycles. The molecular formula is C4H12N2O3. The monoisotopic (exact) mass is 136 g/mol. The molecule has 0 fully saturated rings. The maximum Gasteiger partial charge on any atom is 0.343 e. The van der Waals surface area contributed by atoms with E-state index in [0.717, 1.165) is 0 Å². The molecule has 0 rings (SSSR count). The molecule has 0 amide bonds. The minimum Gasteiger partial charge on any atom is -0.330 e. The van der Waals surface area contributed by atoms with Crippen LogP contribution in [-0.2, 0) is 0 Å². The predicted octanol–water partition coefficient (Wildman–Crippen LogP) is -2.49. The third-order valence-corrected chi connectivity index (χ3v) is 0.743. The van der Waals surface area contributed by atoms with Gasteiger partial charge in [0.15, 0.2) is 0 Å². The summed E-state index contributed by atoms with van der Waals surface area (Å²) in [6.07, 6.45) is -2.17. The zero-order valence-corrected chi connectivity index (χ0v) is 5.04. The van der Waals surface area contributed by atoms with Crippen molar-refractivity contribution in [1.29, 1.82) is 0 Å². The van der Waals surface area contributed by atoms with E-state index in [4.69, 9.17) is 21.1 Å². The van der Waals surface area contributed by atoms with Crippen LogP contribution in [0.3, 0.4) is 0 Å². The summed E-state index contributed by atoms with van der Waals surface area (Å²) in [6, 6.07) is 0. The first-order chi connectivity index (χ1) is 4.06. The first-order valence-corrected chi connectivity index (χ1v) is 2.68. The Hall–Kier alpha value is -0.200. The lowest BCUT2D eigenvalue weighted by atomic mass is 10.4. The van der Waals surface area contributed by atoms with Crippen LogP contribution in [-0.4, -0.2) is 34.5 Å². The fourth-order valence-electron chi connectivity index (χ4n) is 0.358. The summed E-state index contributed by atoms with van der Waals surface area (Å²) in [6.45, 7) is 0.725. The average molecular weight is 136 g/mol. The van der Waals surface area contributed by atoms with Gasteiger partial charge in [-0.1, -0.05) is 0 Å². The first-order valence-electron chi connectivity index (χ1n) is 2.68. The molecular weight excluding hydrogens is 124 g/mol. The summed E-state index contributed by atoms with van der Waals surface area (Å²) < 4.78 is 0. The summed E-state index contributed by atoms with van der Waals surface area (Å²) in [5.41, 5.74) is 5.07. The molecule has 0 atom stereocenters. The molecule has 0 aromatic heterocycles. The van der Waals surface area contributed by atoms with Crippen molar-refractivity contribution in [3.05, 3.63) is 0 Å². The molecule has 0 spiro atoms. The SMILES string of the molecule is NCCCNC(O)(O)O. The van der Waals surface area contributed by atoms with Crippen LogP contribution in [0.15, 0.2) is 0 Å². The van der Waals surface area contributed by atoms with Gasteiger partial charge in [0.1, 0.15) is 0 Å². The van der Waals surface area contributed by atoms with Gasteiger partial charge in [-0.15, -0.1) is 0 Å². The maximum absolute atomic E-state index is 8.20. The Labute approximate surface area is 53.1 Å². The minimum absolute atomic E-state index is 0.278. The zero-order valence-electron chi connectivity index (χ0n) is 5.04. The number of aliphatic hydroxyl groups is 3. The average Bonchev–Trinajstić information content (AvgIpc) is 1.63. The fraction of sp³-hybridized carbons (Fsp3) is 1.00. The molecule has 6 N–H and O–H groups in total. The van der Waals surface area contributed by atoms with Crippen LogP contribution in [0.5, 0.6) is 0 Å². The Morgan fingerprint density at radius 1 is 1.33 bits per heavy atom. The highest BCUT2D eigenvalue weighted by atomic mass is 16.7. The molecule has 9 heavy (non-hydrogen) atoms. The van der Waals surface area contributed by atoms with Crippen molar-refractivity contribution in [2.24, 2.45) is 5.73 Å². The smallest absolute Gasteiger partial charge is 0.330 e. The van der Waals surface area contributed by atoms with Crippen molar-refractivity contribution in [1.82, 2.24) is 5.32 Å². The Bertz CT molecular complexity index is 70.7. The van der Waals surface area contributed by atoms with Gasteiger partial charge in [-0.25, -0.2) is 5.32 Å². The summed E-state index contributed by atoms with van der Waals surface area (Å²) in [4.78, 5) is 0. The highest BCUT2D eigenvalue weighted by Crippen LogP contribution is 1.83. The fourth-order valence-corrected chi connectivity index (χ4v) is 0.358. The van der Waals surface area contributed by atoms with E-state index in [1.165, 1.54) is 0 Å². The van der Waals surface area contributed by atoms with Gasteiger partial charge in [-0.3, -0.25) is 0 Å². The first kappa shape index (κ1) is 8.80. The molecule has 0 unspecified atom stereocenters. The molecule has 5 nitrogen and oxygen atoms in total. The van der Waals surface area contributed by atoms with Gasteiger partial charge in [0.2, 0.25) is 0 Å². The minimum atomic E-state index is -2.75. The van der Waals surface area contributed by atoms with Gasteiger partial charge in [0.05, 0.1) is 0 Å². The van der Waals surface area contributed by atoms with E-state index >= 15 is 0 Å². The predicted molar refractivity (Wildman–Crippen MR) is 31.1 cm³/mol. The van der Waals surface area contributed by atoms with Gasteiger partial charge < -0.3 is 21.1 Å². The van der Waals surface area contributed by atoms with Crippen LogP contribution in [0.25, 0.3) is 0 Å². The highest BCUT2D eigenvalue weighted by Gasteiger charge is 2.14. The molecule has 0 aliphatic rings. The van der Waals surface area contributed by atoms with Crippen LogP contribution in [0.4, 0.5) is 0 Å². The summed E-state index contributed by atoms with van der Waals surface area (Å²) in [5.74, 6) is 0. The molecule has 0 bridgehead atoms. The van der Waals surface area contributed by atoms with E-state index < -0.39 is 6.10 Å². The lowest BCUT2D eigenvalue weighted by Crippen LogP contribution is -2.45. The number of hydrogen-bond acceptors (Lipinski definition) is 5. The van der Waals surface area contributed by atoms with Crippen LogP contribution in [0.1, 0.15) is 6.42 Å². The molecule has 0 saturated carbocycles. The molecule has 0 heterocycles. The topological polar surface area (TPSA) is 98.7 Å². The second-order valence-corrected chi connectivity index (χ2v) is 1.70. The van der Waals surface area contributed by atoms with E-state index in [-0.39, 0.29) is 6.54 Å². The largest absolute Gasteiger partial charge is 0.343 e. The van der Waals surface area contributed by atoms with E-state index in [2.05, 4.69) is 0 Å². The van der Waals surface area contributed by atoms with Crippen LogP contribution >= 0.6 is 0 Å². The van der Waals surface area contributed by atoms with Gasteiger partial charge in [-0.2, -0.15) is 0 Å². The van der Waals surface area contributed by atoms with Crippen LogP contribution in [0.2, 0.25) is 0 Å². The Morgan fingerprint density at radius 3 is 2.22 bits per heavy atom. The van der Waals surface area contributed by atoms with Crippen molar-refractivity contribution in [2.75, 3.05) is 13.1 Å². The lowest BCUT2D eigenvalue weighted by molar-refractivity contribution is -0.331. The van der Waals surface area contributed by atoms with Crippen LogP contribution < -0.4 is 11.1 Å². The second-order valence-electron chi connectivity index (χ2n) is 1.70. The van der Waals surface area contributed by atoms with Crippen molar-refractivity contribution in [3.8, 4) is 0 Å². The highest BCUT2D eigenvalue weighted by molar-refractivity contribution is 4.46. The van der Waals surface area contributed by atoms with Gasteiger partial charge in [0.25, 0.3) is 0 Å². The van der Waals surface area contributed by atoms with E-state index in [9.17, 15) is 0 Å². The van der Waals surface area contributed by atoms with E-state index in [0.29, 0.717) is 13.0 Å². The molecule has 0 aliphatic heterocycles. The molecule has 5 heteroatoms. The Balaban J connectivity index is 3.07. The molecule has 0 aromatic carbocycles. The van der Waals surface area contributed by atoms with Gasteiger partial charge >= 0.3 is 6.10 Å².